The highest BCUT2D eigenvalue weighted by Crippen LogP contribution is 2.49. The molecule has 2 aromatic carbocycles. The first-order valence-electron chi connectivity index (χ1n) is 8.61. The zero-order valence-electron chi connectivity index (χ0n) is 14.6. The van der Waals surface area contributed by atoms with Gasteiger partial charge < -0.3 is 14.9 Å². The van der Waals surface area contributed by atoms with E-state index in [-0.39, 0.29) is 0 Å². The average molecular weight is 320 g/mol. The molecule has 1 unspecified atom stereocenters. The molecule has 1 aliphatic heterocycles. The molecule has 2 aromatic rings. The number of phenolic OH excluding ortho intramolecular Hbond substituents is 1. The molecule has 0 amide bonds. The Hall–Kier alpha value is -2.26. The number of para-hydroxylation sites is 1. The van der Waals surface area contributed by atoms with E-state index in [1.165, 1.54) is 34.4 Å². The van der Waals surface area contributed by atoms with Gasteiger partial charge in [0, 0.05) is 36.0 Å². The third kappa shape index (κ3) is 2.31. The van der Waals surface area contributed by atoms with Gasteiger partial charge in [0.25, 0.3) is 0 Å². The van der Waals surface area contributed by atoms with Crippen LogP contribution in [-0.2, 0) is 0 Å². The summed E-state index contributed by atoms with van der Waals surface area (Å²) in [6.45, 7) is 0. The number of hydrogen-bond donors (Lipinski definition) is 1. The van der Waals surface area contributed by atoms with Gasteiger partial charge in [0.2, 0.25) is 0 Å². The first-order valence-corrected chi connectivity index (χ1v) is 8.61. The summed E-state index contributed by atoms with van der Waals surface area (Å²) in [6, 6.07) is 15.0. The Morgan fingerprint density at radius 3 is 2.54 bits per heavy atom. The summed E-state index contributed by atoms with van der Waals surface area (Å²) >= 11 is 0. The first-order chi connectivity index (χ1) is 11.6. The van der Waals surface area contributed by atoms with Gasteiger partial charge in [-0.1, -0.05) is 18.2 Å². The summed E-state index contributed by atoms with van der Waals surface area (Å²) in [7, 11) is 6.45. The number of phenols is 1. The minimum absolute atomic E-state index is 0.323. The van der Waals surface area contributed by atoms with Crippen molar-refractivity contribution in [1.29, 1.82) is 0 Å². The summed E-state index contributed by atoms with van der Waals surface area (Å²) in [6.07, 6.45) is 3.34. The lowest BCUT2D eigenvalue weighted by Crippen LogP contribution is -2.30. The molecule has 24 heavy (non-hydrogen) atoms. The van der Waals surface area contributed by atoms with Crippen molar-refractivity contribution in [2.24, 2.45) is 0 Å². The lowest BCUT2D eigenvalue weighted by atomic mass is 9.81. The fraction of sp³-hybridized carbons (Fsp3) is 0.333. The van der Waals surface area contributed by atoms with E-state index in [1.54, 1.807) is 0 Å². The quantitative estimate of drug-likeness (QED) is 0.838. The summed E-state index contributed by atoms with van der Waals surface area (Å²) in [5, 5.41) is 10.0. The van der Waals surface area contributed by atoms with Crippen molar-refractivity contribution in [2.75, 3.05) is 26.0 Å². The van der Waals surface area contributed by atoms with Crippen LogP contribution in [0.25, 0.3) is 11.1 Å². The second-order valence-electron chi connectivity index (χ2n) is 7.09. The van der Waals surface area contributed by atoms with E-state index < -0.39 is 0 Å². The molecule has 4 rings (SSSR count). The lowest BCUT2D eigenvalue weighted by Gasteiger charge is -2.32. The van der Waals surface area contributed by atoms with Gasteiger partial charge in [0.1, 0.15) is 5.75 Å². The maximum atomic E-state index is 10.0. The molecule has 0 fully saturated rings. The van der Waals surface area contributed by atoms with Gasteiger partial charge >= 0.3 is 0 Å². The van der Waals surface area contributed by atoms with E-state index in [9.17, 15) is 5.11 Å². The predicted molar refractivity (Wildman–Crippen MR) is 101 cm³/mol. The third-order valence-electron chi connectivity index (χ3n) is 5.52. The number of fused-ring (bicyclic) bond motifs is 4. The molecule has 0 aromatic heterocycles. The average Bonchev–Trinajstić information content (AvgIpc) is 2.69. The Bertz CT molecular complexity index is 822. The second kappa shape index (κ2) is 5.67. The number of nitrogens with zero attached hydrogens (tertiary/aromatic N) is 2. The predicted octanol–water partition coefficient (Wildman–Crippen LogP) is 4.50. The van der Waals surface area contributed by atoms with Crippen LogP contribution in [0.3, 0.4) is 0 Å². The van der Waals surface area contributed by atoms with Crippen molar-refractivity contribution in [3.63, 3.8) is 0 Å². The molecule has 0 saturated heterocycles. The van der Waals surface area contributed by atoms with Crippen molar-refractivity contribution in [2.45, 2.75) is 25.3 Å². The lowest BCUT2D eigenvalue weighted by molar-refractivity contribution is 0.281. The van der Waals surface area contributed by atoms with E-state index in [0.29, 0.717) is 11.8 Å². The second-order valence-corrected chi connectivity index (χ2v) is 7.09. The van der Waals surface area contributed by atoms with E-state index in [1.807, 2.05) is 12.1 Å². The van der Waals surface area contributed by atoms with Crippen LogP contribution in [0.2, 0.25) is 0 Å². The van der Waals surface area contributed by atoms with Crippen LogP contribution in [0.5, 0.6) is 5.75 Å². The highest BCUT2D eigenvalue weighted by atomic mass is 16.3. The standard InChI is InChI=1S/C21H24N2O/c1-22(2)14-8-10-16-18-11-9-15(24)13-21(18)23(3)20-7-5-4-6-17(20)19(16)12-14/h4-7,9,11,13-14,24H,8,10,12H2,1-3H3. The molecule has 3 heteroatoms. The molecule has 0 saturated carbocycles. The van der Waals surface area contributed by atoms with Gasteiger partial charge in [-0.25, -0.2) is 0 Å². The molecular weight excluding hydrogens is 296 g/mol. The fourth-order valence-electron chi connectivity index (χ4n) is 4.14. The Labute approximate surface area is 143 Å². The van der Waals surface area contributed by atoms with Gasteiger partial charge in [-0.15, -0.1) is 0 Å². The SMILES string of the molecule is CN1c2cc(O)ccc2C2=C(CC(N(C)C)CC2)c2ccccc21. The van der Waals surface area contributed by atoms with Crippen LogP contribution in [0, 0.1) is 0 Å². The van der Waals surface area contributed by atoms with Gasteiger partial charge in [-0.05, 0) is 62.7 Å². The Morgan fingerprint density at radius 2 is 1.75 bits per heavy atom. The number of hydrogen-bond acceptors (Lipinski definition) is 3. The van der Waals surface area contributed by atoms with Gasteiger partial charge in [0.05, 0.1) is 5.69 Å². The minimum Gasteiger partial charge on any atom is -0.508 e. The monoisotopic (exact) mass is 320 g/mol. The topological polar surface area (TPSA) is 26.7 Å². The summed E-state index contributed by atoms with van der Waals surface area (Å²) in [5.74, 6) is 0.323. The van der Waals surface area contributed by atoms with Crippen LogP contribution in [-0.4, -0.2) is 37.2 Å². The van der Waals surface area contributed by atoms with Crippen LogP contribution in [0.4, 0.5) is 11.4 Å². The molecule has 1 N–H and O–H groups in total. The Morgan fingerprint density at radius 1 is 1.00 bits per heavy atom. The summed E-state index contributed by atoms with van der Waals surface area (Å²) in [4.78, 5) is 4.56. The molecule has 0 bridgehead atoms. The number of benzene rings is 2. The third-order valence-corrected chi connectivity index (χ3v) is 5.52. The number of aromatic hydroxyl groups is 1. The zero-order valence-corrected chi connectivity index (χ0v) is 14.6. The summed E-state index contributed by atoms with van der Waals surface area (Å²) in [5.41, 5.74) is 7.81. The number of rotatable bonds is 1. The van der Waals surface area contributed by atoms with E-state index in [4.69, 9.17) is 0 Å². The fourth-order valence-corrected chi connectivity index (χ4v) is 4.14. The van der Waals surface area contributed by atoms with Crippen molar-refractivity contribution in [3.05, 3.63) is 53.6 Å². The molecule has 124 valence electrons. The van der Waals surface area contributed by atoms with Crippen molar-refractivity contribution >= 4 is 22.5 Å². The largest absolute Gasteiger partial charge is 0.508 e. The molecule has 1 atom stereocenters. The van der Waals surface area contributed by atoms with Crippen molar-refractivity contribution < 1.29 is 5.11 Å². The maximum Gasteiger partial charge on any atom is 0.117 e. The van der Waals surface area contributed by atoms with E-state index >= 15 is 0 Å². The van der Waals surface area contributed by atoms with Gasteiger partial charge in [0.15, 0.2) is 0 Å². The van der Waals surface area contributed by atoms with Crippen LogP contribution in [0.1, 0.15) is 30.4 Å². The molecule has 1 aliphatic carbocycles. The Balaban J connectivity index is 1.98. The van der Waals surface area contributed by atoms with Gasteiger partial charge in [-0.3, -0.25) is 0 Å². The minimum atomic E-state index is 0.323. The van der Waals surface area contributed by atoms with Crippen LogP contribution in [0.15, 0.2) is 42.5 Å². The van der Waals surface area contributed by atoms with Crippen molar-refractivity contribution in [1.82, 2.24) is 4.90 Å². The van der Waals surface area contributed by atoms with Crippen LogP contribution < -0.4 is 4.90 Å². The molecule has 1 heterocycles. The van der Waals surface area contributed by atoms with Gasteiger partial charge in [-0.2, -0.15) is 0 Å². The maximum absolute atomic E-state index is 10.0. The highest BCUT2D eigenvalue weighted by Gasteiger charge is 2.30. The first kappa shape index (κ1) is 15.3. The van der Waals surface area contributed by atoms with E-state index in [2.05, 4.69) is 61.3 Å². The molecule has 0 spiro atoms. The molecule has 0 radical (unpaired) electrons. The molecule has 2 aliphatic rings. The zero-order chi connectivity index (χ0) is 16.8. The normalized spacial score (nSPS) is 19.7. The van der Waals surface area contributed by atoms with Crippen LogP contribution >= 0.6 is 0 Å². The van der Waals surface area contributed by atoms with Crippen molar-refractivity contribution in [3.8, 4) is 5.75 Å². The van der Waals surface area contributed by atoms with E-state index in [0.717, 1.165) is 18.5 Å². The summed E-state index contributed by atoms with van der Waals surface area (Å²) < 4.78 is 0. The smallest absolute Gasteiger partial charge is 0.117 e. The molecule has 3 nitrogen and oxygen atoms in total. The number of anilines is 2. The molecular formula is C21H24N2O. The highest BCUT2D eigenvalue weighted by molar-refractivity contribution is 6.02. The number of allylic oxidation sites excluding steroid dienone is 1. The Kier molecular flexibility index (Phi) is 3.61.